The van der Waals surface area contributed by atoms with Crippen molar-refractivity contribution >= 4 is 0 Å². The zero-order valence-corrected chi connectivity index (χ0v) is 14.1. The lowest BCUT2D eigenvalue weighted by Gasteiger charge is -2.52. The summed E-state index contributed by atoms with van der Waals surface area (Å²) in [6.07, 6.45) is 12.1. The Bertz CT molecular complexity index is 673. The molecule has 5 atom stereocenters. The van der Waals surface area contributed by atoms with Crippen molar-refractivity contribution in [2.45, 2.75) is 57.0 Å². The lowest BCUT2D eigenvalue weighted by Crippen LogP contribution is -2.50. The number of fused-ring (bicyclic) bond motifs is 5. The summed E-state index contributed by atoms with van der Waals surface area (Å²) in [5.74, 6) is 5.56. The minimum Gasteiger partial charge on any atom is -0.497 e. The molecule has 2 heteroatoms. The van der Waals surface area contributed by atoms with Gasteiger partial charge in [-0.1, -0.05) is 18.9 Å². The standard InChI is InChI=1S/C21H26O2/c1-4-21(22)12-10-19-18-7-5-14-13-15(23-3)6-8-16(14)17(18)9-11-20(19,21)2/h1,6,8,13,17-19,22H,5,7,9-12H2,2-3H3/t17-,18+,19-,20+,21-/m0/s1. The maximum absolute atomic E-state index is 11.0. The van der Waals surface area contributed by atoms with Gasteiger partial charge in [-0.2, -0.15) is 0 Å². The van der Waals surface area contributed by atoms with Crippen LogP contribution in [0.4, 0.5) is 0 Å². The van der Waals surface area contributed by atoms with Crippen LogP contribution in [0.15, 0.2) is 18.2 Å². The molecule has 4 rings (SSSR count). The highest BCUT2D eigenvalue weighted by molar-refractivity contribution is 5.41. The average molecular weight is 310 g/mol. The number of ether oxygens (including phenoxy) is 1. The summed E-state index contributed by atoms with van der Waals surface area (Å²) in [6.45, 7) is 2.24. The number of methoxy groups -OCH3 is 1. The number of rotatable bonds is 1. The summed E-state index contributed by atoms with van der Waals surface area (Å²) >= 11 is 0. The number of benzene rings is 1. The molecule has 2 saturated carbocycles. The summed E-state index contributed by atoms with van der Waals surface area (Å²) in [4.78, 5) is 0. The van der Waals surface area contributed by atoms with Gasteiger partial charge >= 0.3 is 0 Å². The van der Waals surface area contributed by atoms with Gasteiger partial charge < -0.3 is 9.84 Å². The number of hydrogen-bond acceptors (Lipinski definition) is 2. The van der Waals surface area contributed by atoms with Crippen molar-refractivity contribution < 1.29 is 9.84 Å². The first-order chi connectivity index (χ1) is 11.0. The molecule has 0 unspecified atom stereocenters. The summed E-state index contributed by atoms with van der Waals surface area (Å²) in [5, 5.41) is 11.0. The van der Waals surface area contributed by atoms with Crippen LogP contribution in [-0.2, 0) is 6.42 Å². The molecule has 0 amide bonds. The van der Waals surface area contributed by atoms with E-state index in [1.165, 1.54) is 17.5 Å². The molecule has 0 spiro atoms. The maximum Gasteiger partial charge on any atom is 0.130 e. The molecule has 1 N–H and O–H groups in total. The molecule has 2 fully saturated rings. The Hall–Kier alpha value is -1.46. The van der Waals surface area contributed by atoms with E-state index in [9.17, 15) is 5.11 Å². The molecular formula is C21H26O2. The largest absolute Gasteiger partial charge is 0.497 e. The van der Waals surface area contributed by atoms with Gasteiger partial charge in [0, 0.05) is 5.41 Å². The fourth-order valence-electron chi connectivity index (χ4n) is 5.94. The van der Waals surface area contributed by atoms with E-state index in [4.69, 9.17) is 11.2 Å². The van der Waals surface area contributed by atoms with Crippen molar-refractivity contribution in [3.63, 3.8) is 0 Å². The zero-order chi connectivity index (χ0) is 16.2. The van der Waals surface area contributed by atoms with Crippen LogP contribution in [0.3, 0.4) is 0 Å². The van der Waals surface area contributed by atoms with Gasteiger partial charge in [0.1, 0.15) is 11.4 Å². The van der Waals surface area contributed by atoms with Crippen LogP contribution in [-0.4, -0.2) is 17.8 Å². The molecule has 122 valence electrons. The first-order valence-electron chi connectivity index (χ1n) is 8.89. The molecule has 0 aromatic heterocycles. The molecule has 0 saturated heterocycles. The Kier molecular flexibility index (Phi) is 3.29. The van der Waals surface area contributed by atoms with Crippen LogP contribution in [0.5, 0.6) is 5.75 Å². The van der Waals surface area contributed by atoms with E-state index in [0.717, 1.165) is 37.9 Å². The van der Waals surface area contributed by atoms with Gasteiger partial charge in [0.2, 0.25) is 0 Å². The second-order valence-corrected chi connectivity index (χ2v) is 7.98. The third-order valence-electron chi connectivity index (χ3n) is 7.32. The third-order valence-corrected chi connectivity index (χ3v) is 7.32. The molecular weight excluding hydrogens is 284 g/mol. The first-order valence-corrected chi connectivity index (χ1v) is 8.89. The Morgan fingerprint density at radius 1 is 1.26 bits per heavy atom. The van der Waals surface area contributed by atoms with Crippen LogP contribution in [0.25, 0.3) is 0 Å². The van der Waals surface area contributed by atoms with E-state index in [1.54, 1.807) is 7.11 Å². The molecule has 0 bridgehead atoms. The summed E-state index contributed by atoms with van der Waals surface area (Å²) in [5.41, 5.74) is 1.97. The zero-order valence-electron chi connectivity index (χ0n) is 14.1. The van der Waals surface area contributed by atoms with Crippen molar-refractivity contribution in [2.75, 3.05) is 7.11 Å². The highest BCUT2D eigenvalue weighted by Crippen LogP contribution is 2.64. The smallest absolute Gasteiger partial charge is 0.130 e. The van der Waals surface area contributed by atoms with E-state index in [2.05, 4.69) is 31.0 Å². The second-order valence-electron chi connectivity index (χ2n) is 7.98. The number of aliphatic hydroxyl groups is 1. The van der Waals surface area contributed by atoms with Gasteiger partial charge in [-0.25, -0.2) is 0 Å². The Balaban J connectivity index is 1.70. The Morgan fingerprint density at radius 3 is 2.83 bits per heavy atom. The van der Waals surface area contributed by atoms with Gasteiger partial charge in [-0.05, 0) is 79.5 Å². The quantitative estimate of drug-likeness (QED) is 0.797. The van der Waals surface area contributed by atoms with Crippen LogP contribution in [0.1, 0.15) is 56.1 Å². The molecule has 0 aliphatic heterocycles. The van der Waals surface area contributed by atoms with Gasteiger partial charge in [0.05, 0.1) is 7.11 Å². The summed E-state index contributed by atoms with van der Waals surface area (Å²) in [6, 6.07) is 6.59. The van der Waals surface area contributed by atoms with Gasteiger partial charge in [-0.3, -0.25) is 0 Å². The second kappa shape index (κ2) is 5.02. The number of hydrogen-bond donors (Lipinski definition) is 1. The summed E-state index contributed by atoms with van der Waals surface area (Å²) < 4.78 is 5.39. The normalized spacial score (nSPS) is 41.4. The van der Waals surface area contributed by atoms with Crippen LogP contribution < -0.4 is 4.74 Å². The molecule has 3 aliphatic carbocycles. The molecule has 0 radical (unpaired) electrons. The van der Waals surface area contributed by atoms with Gasteiger partial charge in [-0.15, -0.1) is 6.42 Å². The fraction of sp³-hybridized carbons (Fsp3) is 0.619. The average Bonchev–Trinajstić information content (AvgIpc) is 2.86. The Morgan fingerprint density at radius 2 is 2.09 bits per heavy atom. The van der Waals surface area contributed by atoms with Crippen LogP contribution >= 0.6 is 0 Å². The SMILES string of the molecule is C#C[C@]1(O)CC[C@H]2[C@@H]3CCc4cc(OC)ccc4[C@@H]3CC[C@]21C. The van der Waals surface area contributed by atoms with E-state index >= 15 is 0 Å². The van der Waals surface area contributed by atoms with Crippen molar-refractivity contribution in [1.82, 2.24) is 0 Å². The van der Waals surface area contributed by atoms with E-state index in [1.807, 2.05) is 0 Å². The Labute approximate surface area is 139 Å². The predicted octanol–water partition coefficient (Wildman–Crippen LogP) is 3.92. The maximum atomic E-state index is 11.0. The highest BCUT2D eigenvalue weighted by atomic mass is 16.5. The first kappa shape index (κ1) is 15.1. The van der Waals surface area contributed by atoms with Gasteiger partial charge in [0.25, 0.3) is 0 Å². The predicted molar refractivity (Wildman–Crippen MR) is 91.4 cm³/mol. The van der Waals surface area contributed by atoms with Crippen LogP contribution in [0, 0.1) is 29.6 Å². The van der Waals surface area contributed by atoms with E-state index in [-0.39, 0.29) is 5.41 Å². The van der Waals surface area contributed by atoms with Crippen molar-refractivity contribution in [3.8, 4) is 18.1 Å². The minimum atomic E-state index is -0.900. The monoisotopic (exact) mass is 310 g/mol. The minimum absolute atomic E-state index is 0.104. The number of terminal acetylenes is 1. The molecule has 2 nitrogen and oxygen atoms in total. The van der Waals surface area contributed by atoms with E-state index < -0.39 is 5.60 Å². The van der Waals surface area contributed by atoms with Crippen molar-refractivity contribution in [2.24, 2.45) is 17.3 Å². The number of aryl methyl sites for hydroxylation is 1. The lowest BCUT2D eigenvalue weighted by atomic mass is 9.53. The summed E-state index contributed by atoms with van der Waals surface area (Å²) in [7, 11) is 1.73. The molecule has 0 heterocycles. The van der Waals surface area contributed by atoms with Crippen molar-refractivity contribution in [1.29, 1.82) is 0 Å². The molecule has 3 aliphatic rings. The fourth-order valence-corrected chi connectivity index (χ4v) is 5.94. The topological polar surface area (TPSA) is 29.5 Å². The highest BCUT2D eigenvalue weighted by Gasteiger charge is 2.61. The van der Waals surface area contributed by atoms with Gasteiger partial charge in [0.15, 0.2) is 0 Å². The van der Waals surface area contributed by atoms with Crippen molar-refractivity contribution in [3.05, 3.63) is 29.3 Å². The third kappa shape index (κ3) is 1.93. The molecule has 1 aromatic rings. The van der Waals surface area contributed by atoms with E-state index in [0.29, 0.717) is 17.8 Å². The van der Waals surface area contributed by atoms with Crippen LogP contribution in [0.2, 0.25) is 0 Å². The lowest BCUT2D eigenvalue weighted by molar-refractivity contribution is -0.0646. The molecule has 1 aromatic carbocycles. The molecule has 23 heavy (non-hydrogen) atoms.